The zero-order valence-corrected chi connectivity index (χ0v) is 15.2. The second-order valence-corrected chi connectivity index (χ2v) is 7.99. The highest BCUT2D eigenvalue weighted by molar-refractivity contribution is 5.35. The number of fused-ring (bicyclic) bond motifs is 1. The first kappa shape index (κ1) is 16.8. The lowest BCUT2D eigenvalue weighted by atomic mass is 9.92. The minimum Gasteiger partial charge on any atom is -0.369 e. The van der Waals surface area contributed by atoms with Gasteiger partial charge in [0.15, 0.2) is 5.67 Å². The van der Waals surface area contributed by atoms with Crippen molar-refractivity contribution in [2.45, 2.75) is 63.2 Å². The fourth-order valence-corrected chi connectivity index (χ4v) is 4.68. The smallest absolute Gasteiger partial charge is 0.151 e. The van der Waals surface area contributed by atoms with E-state index in [-0.39, 0.29) is 0 Å². The normalized spacial score (nSPS) is 28.9. The molecule has 1 aromatic rings. The average Bonchev–Trinajstić information content (AvgIpc) is 3.25. The average molecular weight is 340 g/mol. The predicted molar refractivity (Wildman–Crippen MR) is 101 cm³/mol. The summed E-state index contributed by atoms with van der Waals surface area (Å²) in [5.41, 5.74) is 2.49. The molecule has 1 fully saturated rings. The van der Waals surface area contributed by atoms with Crippen molar-refractivity contribution >= 4 is 0 Å². The highest BCUT2D eigenvalue weighted by Gasteiger charge is 2.37. The van der Waals surface area contributed by atoms with Crippen LogP contribution in [0.2, 0.25) is 0 Å². The highest BCUT2D eigenvalue weighted by atomic mass is 19.1. The summed E-state index contributed by atoms with van der Waals surface area (Å²) in [5.74, 6) is 0. The van der Waals surface area contributed by atoms with E-state index in [4.69, 9.17) is 0 Å². The Labute approximate surface area is 150 Å². The van der Waals surface area contributed by atoms with Gasteiger partial charge < -0.3 is 10.2 Å². The van der Waals surface area contributed by atoms with Gasteiger partial charge in [-0.2, -0.15) is 0 Å². The third-order valence-corrected chi connectivity index (χ3v) is 6.09. The molecule has 3 aliphatic rings. The summed E-state index contributed by atoms with van der Waals surface area (Å²) in [7, 11) is 0. The number of alkyl halides is 1. The molecule has 1 aromatic carbocycles. The van der Waals surface area contributed by atoms with Crippen molar-refractivity contribution in [3.63, 3.8) is 0 Å². The maximum absolute atomic E-state index is 15.3. The van der Waals surface area contributed by atoms with Crippen LogP contribution in [0.3, 0.4) is 0 Å². The fourth-order valence-electron chi connectivity index (χ4n) is 4.68. The quantitative estimate of drug-likeness (QED) is 0.865. The molecule has 0 bridgehead atoms. The first-order valence-electron chi connectivity index (χ1n) is 9.76. The molecular formula is C22H29FN2. The van der Waals surface area contributed by atoms with E-state index in [2.05, 4.69) is 34.5 Å². The molecule has 2 unspecified atom stereocenters. The van der Waals surface area contributed by atoms with Gasteiger partial charge in [-0.15, -0.1) is 0 Å². The number of rotatable bonds is 5. The van der Waals surface area contributed by atoms with Gasteiger partial charge in [0, 0.05) is 25.0 Å². The van der Waals surface area contributed by atoms with Gasteiger partial charge in [0.25, 0.3) is 0 Å². The minimum atomic E-state index is -1.26. The molecule has 0 aromatic heterocycles. The van der Waals surface area contributed by atoms with Gasteiger partial charge in [-0.3, -0.25) is 0 Å². The molecule has 4 rings (SSSR count). The van der Waals surface area contributed by atoms with E-state index < -0.39 is 5.67 Å². The van der Waals surface area contributed by atoms with E-state index >= 15 is 4.39 Å². The first-order chi connectivity index (χ1) is 12.1. The molecule has 1 aliphatic heterocycles. The Kier molecular flexibility index (Phi) is 4.68. The molecule has 1 N–H and O–H groups in total. The fraction of sp³-hybridized carbons (Fsp3) is 0.545. The summed E-state index contributed by atoms with van der Waals surface area (Å²) in [6.07, 6.45) is 12.2. The molecule has 3 heteroatoms. The first-order valence-corrected chi connectivity index (χ1v) is 9.76. The zero-order chi connectivity index (χ0) is 17.3. The number of benzene rings is 1. The Morgan fingerprint density at radius 1 is 1.24 bits per heavy atom. The van der Waals surface area contributed by atoms with Crippen molar-refractivity contribution in [1.29, 1.82) is 0 Å². The van der Waals surface area contributed by atoms with Gasteiger partial charge >= 0.3 is 0 Å². The van der Waals surface area contributed by atoms with Crippen LogP contribution >= 0.6 is 0 Å². The number of halogens is 1. The van der Waals surface area contributed by atoms with Crippen LogP contribution in [0.5, 0.6) is 0 Å². The van der Waals surface area contributed by atoms with E-state index in [1.54, 1.807) is 6.92 Å². The summed E-state index contributed by atoms with van der Waals surface area (Å²) in [5, 5.41) is 3.59. The van der Waals surface area contributed by atoms with Crippen molar-refractivity contribution in [3.8, 4) is 0 Å². The minimum absolute atomic E-state index is 0.381. The maximum atomic E-state index is 15.3. The second kappa shape index (κ2) is 6.95. The lowest BCUT2D eigenvalue weighted by molar-refractivity contribution is 0.138. The lowest BCUT2D eigenvalue weighted by Gasteiger charge is -2.40. The Morgan fingerprint density at radius 2 is 2.00 bits per heavy atom. The molecule has 1 heterocycles. The van der Waals surface area contributed by atoms with Crippen molar-refractivity contribution in [3.05, 3.63) is 59.3 Å². The third kappa shape index (κ3) is 3.52. The number of nitrogens with one attached hydrogen (secondary N) is 1. The molecule has 2 nitrogen and oxygen atoms in total. The molecule has 0 radical (unpaired) electrons. The van der Waals surface area contributed by atoms with Gasteiger partial charge in [0.1, 0.15) is 0 Å². The molecule has 2 atom stereocenters. The van der Waals surface area contributed by atoms with Gasteiger partial charge in [-0.25, -0.2) is 4.39 Å². The predicted octanol–water partition coefficient (Wildman–Crippen LogP) is 4.17. The Hall–Kier alpha value is -1.61. The Balaban J connectivity index is 1.55. The number of allylic oxidation sites excluding steroid dienone is 4. The third-order valence-electron chi connectivity index (χ3n) is 6.09. The maximum Gasteiger partial charge on any atom is 0.151 e. The summed E-state index contributed by atoms with van der Waals surface area (Å²) in [4.78, 5) is 2.39. The van der Waals surface area contributed by atoms with Crippen LogP contribution in [0.4, 0.5) is 4.39 Å². The molecule has 2 aliphatic carbocycles. The van der Waals surface area contributed by atoms with Gasteiger partial charge in [-0.1, -0.05) is 36.4 Å². The summed E-state index contributed by atoms with van der Waals surface area (Å²) < 4.78 is 15.3. The van der Waals surface area contributed by atoms with Crippen LogP contribution < -0.4 is 5.32 Å². The lowest BCUT2D eigenvalue weighted by Crippen LogP contribution is -2.44. The highest BCUT2D eigenvalue weighted by Crippen LogP contribution is 2.36. The summed E-state index contributed by atoms with van der Waals surface area (Å²) >= 11 is 0. The van der Waals surface area contributed by atoms with Crippen LogP contribution in [0.25, 0.3) is 0 Å². The van der Waals surface area contributed by atoms with Crippen LogP contribution in [0.1, 0.15) is 43.7 Å². The molecule has 134 valence electrons. The van der Waals surface area contributed by atoms with E-state index in [0.717, 1.165) is 38.0 Å². The number of nitrogens with zero attached hydrogens (tertiary/aromatic N) is 1. The topological polar surface area (TPSA) is 15.3 Å². The van der Waals surface area contributed by atoms with Crippen LogP contribution in [-0.2, 0) is 12.8 Å². The number of hydrogen-bond acceptors (Lipinski definition) is 2. The monoisotopic (exact) mass is 340 g/mol. The van der Waals surface area contributed by atoms with E-state index in [1.165, 1.54) is 24.0 Å². The van der Waals surface area contributed by atoms with Crippen molar-refractivity contribution in [2.75, 3.05) is 13.1 Å². The molecule has 25 heavy (non-hydrogen) atoms. The molecule has 0 saturated carbocycles. The van der Waals surface area contributed by atoms with Crippen molar-refractivity contribution < 1.29 is 4.39 Å². The van der Waals surface area contributed by atoms with Crippen molar-refractivity contribution in [2.24, 2.45) is 0 Å². The van der Waals surface area contributed by atoms with Crippen LogP contribution in [0.15, 0.2) is 48.2 Å². The van der Waals surface area contributed by atoms with Gasteiger partial charge in [0.05, 0.1) is 5.70 Å². The van der Waals surface area contributed by atoms with Gasteiger partial charge in [-0.05, 0) is 62.8 Å². The summed E-state index contributed by atoms with van der Waals surface area (Å²) in [6.45, 7) is 3.81. The SMILES string of the molecule is CC1(F)CC=CC=C1N(CCC1CCCN1)C1Cc2ccccc2C1. The van der Waals surface area contributed by atoms with E-state index in [0.29, 0.717) is 18.5 Å². The van der Waals surface area contributed by atoms with Crippen molar-refractivity contribution in [1.82, 2.24) is 10.2 Å². The second-order valence-electron chi connectivity index (χ2n) is 7.99. The Morgan fingerprint density at radius 3 is 2.64 bits per heavy atom. The van der Waals surface area contributed by atoms with Crippen LogP contribution in [-0.4, -0.2) is 35.7 Å². The largest absolute Gasteiger partial charge is 0.369 e. The molecule has 1 saturated heterocycles. The molecule has 0 spiro atoms. The number of hydrogen-bond donors (Lipinski definition) is 1. The molecular weight excluding hydrogens is 311 g/mol. The zero-order valence-electron chi connectivity index (χ0n) is 15.2. The van der Waals surface area contributed by atoms with E-state index in [1.807, 2.05) is 18.2 Å². The van der Waals surface area contributed by atoms with Gasteiger partial charge in [0.2, 0.25) is 0 Å². The van der Waals surface area contributed by atoms with Crippen LogP contribution in [0, 0.1) is 0 Å². The standard InChI is InChI=1S/C22H29FN2/c1-22(23)12-5-4-10-21(22)25(14-11-19-9-6-13-24-19)20-15-17-7-2-3-8-18(17)16-20/h2-5,7-8,10,19-20,24H,6,9,11-16H2,1H3. The Bertz CT molecular complexity index is 645. The molecule has 0 amide bonds. The summed E-state index contributed by atoms with van der Waals surface area (Å²) in [6, 6.07) is 9.68. The van der Waals surface area contributed by atoms with E-state index in [9.17, 15) is 0 Å².